The van der Waals surface area contributed by atoms with Crippen LogP contribution in [0.1, 0.15) is 15.4 Å². The van der Waals surface area contributed by atoms with E-state index >= 15 is 0 Å². The fourth-order valence-corrected chi connectivity index (χ4v) is 5.29. The molecule has 7 nitrogen and oxygen atoms in total. The third-order valence-corrected chi connectivity index (χ3v) is 7.70. The second kappa shape index (κ2) is 10.6. The first-order valence-corrected chi connectivity index (χ1v) is 13.2. The van der Waals surface area contributed by atoms with Gasteiger partial charge in [-0.2, -0.15) is 0 Å². The lowest BCUT2D eigenvalue weighted by Crippen LogP contribution is -2.31. The van der Waals surface area contributed by atoms with E-state index in [0.29, 0.717) is 22.0 Å². The topological polar surface area (TPSA) is 91.7 Å². The second-order valence-electron chi connectivity index (χ2n) is 7.67. The highest BCUT2D eigenvalue weighted by Gasteiger charge is 2.39. The number of imide groups is 1. The van der Waals surface area contributed by atoms with Crippen molar-refractivity contribution >= 4 is 68.1 Å². The number of furan rings is 1. The molecule has 0 radical (unpaired) electrons. The van der Waals surface area contributed by atoms with Crippen LogP contribution in [0.4, 0.5) is 11.4 Å². The van der Waals surface area contributed by atoms with Gasteiger partial charge >= 0.3 is 0 Å². The van der Waals surface area contributed by atoms with Crippen molar-refractivity contribution in [1.29, 1.82) is 0 Å². The summed E-state index contributed by atoms with van der Waals surface area (Å²) in [4.78, 5) is 41.7. The van der Waals surface area contributed by atoms with Crippen LogP contribution in [0, 0.1) is 0 Å². The van der Waals surface area contributed by atoms with Crippen LogP contribution in [0.15, 0.2) is 109 Å². The predicted octanol–water partition coefficient (Wildman–Crippen LogP) is 6.34. The standard InChI is InChI=1S/C26H18BrN3O4S2/c27-16-5-7-17(8-6-16)28-22-23(26(33)30(25(22)32)15-19-3-1-13-34-19)36-20-11-9-18(10-12-20)29-24(31)21-4-2-14-35-21/h1-14,28H,15H2,(H,29,31). The molecule has 10 heteroatoms. The number of thioether (sulfide) groups is 1. The lowest BCUT2D eigenvalue weighted by molar-refractivity contribution is -0.138. The van der Waals surface area contributed by atoms with E-state index in [1.165, 1.54) is 29.4 Å². The van der Waals surface area contributed by atoms with Gasteiger partial charge in [0, 0.05) is 20.7 Å². The molecule has 0 spiro atoms. The largest absolute Gasteiger partial charge is 0.467 e. The van der Waals surface area contributed by atoms with Crippen LogP contribution in [0.3, 0.4) is 0 Å². The van der Waals surface area contributed by atoms with Crippen LogP contribution in [0.2, 0.25) is 0 Å². The molecule has 0 fully saturated rings. The molecule has 0 saturated heterocycles. The molecule has 0 atom stereocenters. The Labute approximate surface area is 223 Å². The molecule has 3 heterocycles. The Bertz CT molecular complexity index is 1430. The molecule has 1 aliphatic rings. The monoisotopic (exact) mass is 579 g/mol. The number of anilines is 2. The molecule has 0 aliphatic carbocycles. The minimum atomic E-state index is -0.429. The Kier molecular flexibility index (Phi) is 7.08. The van der Waals surface area contributed by atoms with Crippen LogP contribution >= 0.6 is 39.0 Å². The van der Waals surface area contributed by atoms with E-state index in [0.717, 1.165) is 14.3 Å². The molecule has 0 bridgehead atoms. The van der Waals surface area contributed by atoms with Crippen molar-refractivity contribution in [3.63, 3.8) is 0 Å². The summed E-state index contributed by atoms with van der Waals surface area (Å²) >= 11 is 5.96. The van der Waals surface area contributed by atoms with Gasteiger partial charge in [0.05, 0.1) is 17.7 Å². The maximum atomic E-state index is 13.3. The molecule has 3 amide bonds. The van der Waals surface area contributed by atoms with Crippen LogP contribution < -0.4 is 10.6 Å². The van der Waals surface area contributed by atoms with Gasteiger partial charge in [0.2, 0.25) is 0 Å². The fourth-order valence-electron chi connectivity index (χ4n) is 3.46. The van der Waals surface area contributed by atoms with E-state index in [1.807, 2.05) is 35.7 Å². The third kappa shape index (κ3) is 5.30. The zero-order valence-corrected chi connectivity index (χ0v) is 21.8. The molecular formula is C26H18BrN3O4S2. The second-order valence-corrected chi connectivity index (χ2v) is 10.6. The van der Waals surface area contributed by atoms with Gasteiger partial charge in [0.25, 0.3) is 17.7 Å². The van der Waals surface area contributed by atoms with Crippen LogP contribution in [0.25, 0.3) is 0 Å². The Morgan fingerprint density at radius 2 is 1.69 bits per heavy atom. The average molecular weight is 580 g/mol. The Morgan fingerprint density at radius 1 is 0.944 bits per heavy atom. The Morgan fingerprint density at radius 3 is 2.36 bits per heavy atom. The minimum absolute atomic E-state index is 0.0356. The molecule has 1 aliphatic heterocycles. The number of benzene rings is 2. The molecule has 36 heavy (non-hydrogen) atoms. The van der Waals surface area contributed by atoms with Crippen molar-refractivity contribution in [2.75, 3.05) is 10.6 Å². The van der Waals surface area contributed by atoms with Crippen molar-refractivity contribution < 1.29 is 18.8 Å². The summed E-state index contributed by atoms with van der Waals surface area (Å²) < 4.78 is 6.25. The average Bonchev–Trinajstić information content (AvgIpc) is 3.64. The molecular weight excluding hydrogens is 562 g/mol. The van der Waals surface area contributed by atoms with E-state index in [2.05, 4.69) is 26.6 Å². The van der Waals surface area contributed by atoms with Gasteiger partial charge in [0.15, 0.2) is 0 Å². The number of hydrogen-bond donors (Lipinski definition) is 2. The maximum absolute atomic E-state index is 13.3. The zero-order chi connectivity index (χ0) is 25.1. The highest BCUT2D eigenvalue weighted by atomic mass is 79.9. The van der Waals surface area contributed by atoms with Crippen LogP contribution in [-0.4, -0.2) is 22.6 Å². The van der Waals surface area contributed by atoms with E-state index in [9.17, 15) is 14.4 Å². The lowest BCUT2D eigenvalue weighted by atomic mass is 10.3. The van der Waals surface area contributed by atoms with Crippen molar-refractivity contribution in [1.82, 2.24) is 4.90 Å². The predicted molar refractivity (Wildman–Crippen MR) is 144 cm³/mol. The molecule has 180 valence electrons. The number of nitrogens with one attached hydrogen (secondary N) is 2. The lowest BCUT2D eigenvalue weighted by Gasteiger charge is -2.13. The summed E-state index contributed by atoms with van der Waals surface area (Å²) in [5.74, 6) is -0.506. The van der Waals surface area contributed by atoms with Gasteiger partial charge in [-0.15, -0.1) is 11.3 Å². The number of thiophene rings is 1. The quantitative estimate of drug-likeness (QED) is 0.237. The molecule has 2 N–H and O–H groups in total. The van der Waals surface area contributed by atoms with E-state index < -0.39 is 11.8 Å². The van der Waals surface area contributed by atoms with Gasteiger partial charge in [-0.05, 0) is 72.1 Å². The highest BCUT2D eigenvalue weighted by Crippen LogP contribution is 2.37. The summed E-state index contributed by atoms with van der Waals surface area (Å²) in [6.07, 6.45) is 1.50. The number of carbonyl (C=O) groups is 3. The first-order valence-electron chi connectivity index (χ1n) is 10.8. The van der Waals surface area contributed by atoms with E-state index in [-0.39, 0.29) is 23.1 Å². The SMILES string of the molecule is O=C(Nc1ccc(SC2=C(Nc3ccc(Br)cc3)C(=O)N(Cc3ccco3)C2=O)cc1)c1cccs1. The minimum Gasteiger partial charge on any atom is -0.467 e. The van der Waals surface area contributed by atoms with Crippen LogP contribution in [0.5, 0.6) is 0 Å². The van der Waals surface area contributed by atoms with Gasteiger partial charge in [-0.25, -0.2) is 0 Å². The number of nitrogens with zero attached hydrogens (tertiary/aromatic N) is 1. The number of carbonyl (C=O) groups excluding carboxylic acids is 3. The number of rotatable bonds is 8. The van der Waals surface area contributed by atoms with Gasteiger partial charge < -0.3 is 15.1 Å². The number of amides is 3. The summed E-state index contributed by atoms with van der Waals surface area (Å²) in [5.41, 5.74) is 1.51. The zero-order valence-electron chi connectivity index (χ0n) is 18.6. The summed E-state index contributed by atoms with van der Waals surface area (Å²) in [5, 5.41) is 7.82. The first-order chi connectivity index (χ1) is 17.5. The molecule has 4 aromatic rings. The Balaban J connectivity index is 1.38. The molecule has 2 aromatic carbocycles. The molecule has 2 aromatic heterocycles. The first kappa shape index (κ1) is 24.1. The third-order valence-electron chi connectivity index (χ3n) is 5.21. The highest BCUT2D eigenvalue weighted by molar-refractivity contribution is 9.10. The van der Waals surface area contributed by atoms with Crippen molar-refractivity contribution in [3.05, 3.63) is 110 Å². The Hall–Kier alpha value is -3.60. The van der Waals surface area contributed by atoms with E-state index in [1.54, 1.807) is 42.5 Å². The summed E-state index contributed by atoms with van der Waals surface area (Å²) in [6, 6.07) is 21.5. The van der Waals surface area contributed by atoms with E-state index in [4.69, 9.17) is 4.42 Å². The fraction of sp³-hybridized carbons (Fsp3) is 0.0385. The molecule has 0 unspecified atom stereocenters. The van der Waals surface area contributed by atoms with Crippen molar-refractivity contribution in [2.45, 2.75) is 11.4 Å². The smallest absolute Gasteiger partial charge is 0.278 e. The summed E-state index contributed by atoms with van der Waals surface area (Å²) in [7, 11) is 0. The number of hydrogen-bond acceptors (Lipinski definition) is 7. The van der Waals surface area contributed by atoms with Crippen molar-refractivity contribution in [3.8, 4) is 0 Å². The number of halogens is 1. The maximum Gasteiger partial charge on any atom is 0.278 e. The van der Waals surface area contributed by atoms with Crippen molar-refractivity contribution in [2.24, 2.45) is 0 Å². The summed E-state index contributed by atoms with van der Waals surface area (Å²) in [6.45, 7) is 0.0356. The normalized spacial score (nSPS) is 13.4. The van der Waals surface area contributed by atoms with Gasteiger partial charge in [-0.3, -0.25) is 19.3 Å². The van der Waals surface area contributed by atoms with Crippen LogP contribution in [-0.2, 0) is 16.1 Å². The van der Waals surface area contributed by atoms with Gasteiger partial charge in [0.1, 0.15) is 16.4 Å². The molecule has 0 saturated carbocycles. The molecule has 5 rings (SSSR count). The van der Waals surface area contributed by atoms with Gasteiger partial charge in [-0.1, -0.05) is 33.8 Å².